The number of nitro benzene ring substituents is 1. The van der Waals surface area contributed by atoms with Crippen LogP contribution in [-0.4, -0.2) is 16.9 Å². The van der Waals surface area contributed by atoms with Crippen LogP contribution in [0.5, 0.6) is 5.75 Å². The normalized spacial score (nSPS) is 11.1. The number of carbonyl (C=O) groups excluding carboxylic acids is 1. The lowest BCUT2D eigenvalue weighted by atomic mass is 10.2. The predicted octanol–water partition coefficient (Wildman–Crippen LogP) is 2.87. The van der Waals surface area contributed by atoms with Crippen LogP contribution in [0.4, 0.5) is 11.4 Å². The maximum atomic E-state index is 12.1. The van der Waals surface area contributed by atoms with Crippen molar-refractivity contribution in [2.75, 3.05) is 5.32 Å². The molecule has 2 aromatic carbocycles. The van der Waals surface area contributed by atoms with Gasteiger partial charge in [-0.3, -0.25) is 14.9 Å². The Morgan fingerprint density at radius 2 is 1.91 bits per heavy atom. The Morgan fingerprint density at radius 1 is 1.26 bits per heavy atom. The Bertz CT molecular complexity index is 766. The first kappa shape index (κ1) is 16.0. The molecule has 0 saturated heterocycles. The molecule has 0 radical (unpaired) electrons. The number of nitrogens with one attached hydrogen (secondary N) is 1. The van der Waals surface area contributed by atoms with Gasteiger partial charge in [0.15, 0.2) is 11.9 Å². The van der Waals surface area contributed by atoms with E-state index < -0.39 is 16.9 Å². The van der Waals surface area contributed by atoms with Crippen molar-refractivity contribution in [2.24, 2.45) is 0 Å². The number of nitriles is 1. The molecule has 0 fully saturated rings. The second-order valence-electron chi connectivity index (χ2n) is 4.66. The fourth-order valence-electron chi connectivity index (χ4n) is 1.82. The van der Waals surface area contributed by atoms with Crippen LogP contribution in [0, 0.1) is 21.4 Å². The van der Waals surface area contributed by atoms with Gasteiger partial charge in [0.1, 0.15) is 0 Å². The number of nitrogens with zero attached hydrogens (tertiary/aromatic N) is 2. The number of para-hydroxylation sites is 2. The second kappa shape index (κ2) is 7.04. The number of hydrogen-bond donors (Lipinski definition) is 1. The SMILES string of the molecule is CC(Oc1ccccc1[N+](=O)[O-])C(=O)Nc1ccc(C#N)cc1. The molecule has 0 heterocycles. The fraction of sp³-hybridized carbons (Fsp3) is 0.125. The molecular formula is C16H13N3O4. The van der Waals surface area contributed by atoms with Crippen molar-refractivity contribution < 1.29 is 14.5 Å². The topological polar surface area (TPSA) is 105 Å². The van der Waals surface area contributed by atoms with Gasteiger partial charge in [0.05, 0.1) is 16.6 Å². The van der Waals surface area contributed by atoms with Gasteiger partial charge in [-0.15, -0.1) is 0 Å². The van der Waals surface area contributed by atoms with Crippen molar-refractivity contribution in [3.05, 3.63) is 64.2 Å². The summed E-state index contributed by atoms with van der Waals surface area (Å²) in [6.07, 6.45) is -0.924. The van der Waals surface area contributed by atoms with Crippen molar-refractivity contribution in [1.82, 2.24) is 0 Å². The Morgan fingerprint density at radius 3 is 2.52 bits per heavy atom. The zero-order valence-electron chi connectivity index (χ0n) is 12.2. The first-order valence-electron chi connectivity index (χ1n) is 6.72. The molecule has 7 nitrogen and oxygen atoms in total. The van der Waals surface area contributed by atoms with Gasteiger partial charge in [0.25, 0.3) is 5.91 Å². The lowest BCUT2D eigenvalue weighted by molar-refractivity contribution is -0.386. The molecule has 23 heavy (non-hydrogen) atoms. The average Bonchev–Trinajstić information content (AvgIpc) is 2.55. The number of benzene rings is 2. The molecule has 1 unspecified atom stereocenters. The van der Waals surface area contributed by atoms with Crippen molar-refractivity contribution >= 4 is 17.3 Å². The molecule has 7 heteroatoms. The van der Waals surface area contributed by atoms with Gasteiger partial charge >= 0.3 is 5.69 Å². The maximum Gasteiger partial charge on any atom is 0.310 e. The Hall–Kier alpha value is -3.40. The molecule has 0 aliphatic carbocycles. The highest BCUT2D eigenvalue weighted by molar-refractivity contribution is 5.94. The number of carbonyl (C=O) groups is 1. The molecule has 0 aliphatic heterocycles. The number of amides is 1. The van der Waals surface area contributed by atoms with Crippen LogP contribution < -0.4 is 10.1 Å². The van der Waals surface area contributed by atoms with E-state index in [1.807, 2.05) is 6.07 Å². The van der Waals surface area contributed by atoms with Crippen molar-refractivity contribution in [1.29, 1.82) is 5.26 Å². The number of rotatable bonds is 5. The molecule has 1 atom stereocenters. The van der Waals surface area contributed by atoms with E-state index in [4.69, 9.17) is 10.00 Å². The van der Waals surface area contributed by atoms with Crippen LogP contribution in [0.1, 0.15) is 12.5 Å². The summed E-state index contributed by atoms with van der Waals surface area (Å²) in [5.41, 5.74) is 0.782. The largest absolute Gasteiger partial charge is 0.474 e. The van der Waals surface area contributed by atoms with Gasteiger partial charge in [-0.1, -0.05) is 12.1 Å². The predicted molar refractivity (Wildman–Crippen MR) is 83.0 cm³/mol. The summed E-state index contributed by atoms with van der Waals surface area (Å²) in [4.78, 5) is 22.4. The average molecular weight is 311 g/mol. The van der Waals surface area contributed by atoms with E-state index in [2.05, 4.69) is 5.32 Å². The van der Waals surface area contributed by atoms with Crippen LogP contribution in [0.3, 0.4) is 0 Å². The standard InChI is InChI=1S/C16H13N3O4/c1-11(23-15-5-3-2-4-14(15)19(21)22)16(20)18-13-8-6-12(10-17)7-9-13/h2-9,11H,1H3,(H,18,20). The van der Waals surface area contributed by atoms with Crippen LogP contribution in [0.15, 0.2) is 48.5 Å². The van der Waals surface area contributed by atoms with Crippen LogP contribution in [0.2, 0.25) is 0 Å². The molecule has 2 rings (SSSR count). The number of ether oxygens (including phenoxy) is 1. The Balaban J connectivity index is 2.05. The smallest absolute Gasteiger partial charge is 0.310 e. The van der Waals surface area contributed by atoms with Gasteiger partial charge < -0.3 is 10.1 Å². The van der Waals surface area contributed by atoms with E-state index in [0.717, 1.165) is 0 Å². The minimum atomic E-state index is -0.924. The van der Waals surface area contributed by atoms with Crippen LogP contribution in [-0.2, 0) is 4.79 Å². The molecule has 0 spiro atoms. The molecule has 2 aromatic rings. The van der Waals surface area contributed by atoms with E-state index in [-0.39, 0.29) is 11.4 Å². The maximum absolute atomic E-state index is 12.1. The third-order valence-corrected chi connectivity index (χ3v) is 3.02. The quantitative estimate of drug-likeness (QED) is 0.675. The van der Waals surface area contributed by atoms with Crippen molar-refractivity contribution in [2.45, 2.75) is 13.0 Å². The zero-order chi connectivity index (χ0) is 16.8. The van der Waals surface area contributed by atoms with Crippen LogP contribution >= 0.6 is 0 Å². The van der Waals surface area contributed by atoms with Gasteiger partial charge in [-0.2, -0.15) is 5.26 Å². The molecule has 1 N–H and O–H groups in total. The van der Waals surface area contributed by atoms with Crippen molar-refractivity contribution in [3.8, 4) is 11.8 Å². The van der Waals surface area contributed by atoms with Gasteiger partial charge in [-0.05, 0) is 37.3 Å². The Kier molecular flexibility index (Phi) is 4.89. The zero-order valence-corrected chi connectivity index (χ0v) is 12.2. The summed E-state index contributed by atoms with van der Waals surface area (Å²) in [6, 6.07) is 14.2. The lowest BCUT2D eigenvalue weighted by Crippen LogP contribution is -2.30. The fourth-order valence-corrected chi connectivity index (χ4v) is 1.82. The van der Waals surface area contributed by atoms with E-state index in [1.165, 1.54) is 25.1 Å². The molecular weight excluding hydrogens is 298 g/mol. The summed E-state index contributed by atoms with van der Waals surface area (Å²) in [5, 5.41) is 22.3. The molecule has 0 aromatic heterocycles. The molecule has 0 aliphatic rings. The number of hydrogen-bond acceptors (Lipinski definition) is 5. The van der Waals surface area contributed by atoms with E-state index in [1.54, 1.807) is 30.3 Å². The highest BCUT2D eigenvalue weighted by Crippen LogP contribution is 2.27. The van der Waals surface area contributed by atoms with Gasteiger partial charge in [0.2, 0.25) is 0 Å². The minimum Gasteiger partial charge on any atom is -0.474 e. The van der Waals surface area contributed by atoms with Gasteiger partial charge in [-0.25, -0.2) is 0 Å². The van der Waals surface area contributed by atoms with Gasteiger partial charge in [0, 0.05) is 11.8 Å². The first-order chi connectivity index (χ1) is 11.0. The summed E-state index contributed by atoms with van der Waals surface area (Å²) in [7, 11) is 0. The number of anilines is 1. The van der Waals surface area contributed by atoms with E-state index in [9.17, 15) is 14.9 Å². The highest BCUT2D eigenvalue weighted by atomic mass is 16.6. The molecule has 0 bridgehead atoms. The lowest BCUT2D eigenvalue weighted by Gasteiger charge is -2.14. The summed E-state index contributed by atoms with van der Waals surface area (Å²) in [6.45, 7) is 1.50. The first-order valence-corrected chi connectivity index (χ1v) is 6.72. The van der Waals surface area contributed by atoms with E-state index in [0.29, 0.717) is 11.3 Å². The number of nitro groups is 1. The van der Waals surface area contributed by atoms with Crippen LogP contribution in [0.25, 0.3) is 0 Å². The molecule has 0 saturated carbocycles. The third kappa shape index (κ3) is 4.04. The highest BCUT2D eigenvalue weighted by Gasteiger charge is 2.20. The molecule has 1 amide bonds. The summed E-state index contributed by atoms with van der Waals surface area (Å²) in [5.74, 6) is -0.423. The molecule has 116 valence electrons. The van der Waals surface area contributed by atoms with Crippen molar-refractivity contribution in [3.63, 3.8) is 0 Å². The van der Waals surface area contributed by atoms with E-state index >= 15 is 0 Å². The Labute approximate surface area is 132 Å². The summed E-state index contributed by atoms with van der Waals surface area (Å²) >= 11 is 0. The monoisotopic (exact) mass is 311 g/mol. The second-order valence-corrected chi connectivity index (χ2v) is 4.66. The summed E-state index contributed by atoms with van der Waals surface area (Å²) < 4.78 is 5.38. The third-order valence-electron chi connectivity index (χ3n) is 3.02. The minimum absolute atomic E-state index is 0.0278.